The summed E-state index contributed by atoms with van der Waals surface area (Å²) in [6.07, 6.45) is 0. The van der Waals surface area contributed by atoms with Crippen LogP contribution in [0.5, 0.6) is 0 Å². The molecule has 0 bridgehead atoms. The third kappa shape index (κ3) is 5.21. The summed E-state index contributed by atoms with van der Waals surface area (Å²) < 4.78 is 6.68. The van der Waals surface area contributed by atoms with Crippen molar-refractivity contribution in [3.05, 3.63) is 218 Å². The molecule has 61 heavy (non-hydrogen) atoms. The predicted molar refractivity (Wildman–Crippen MR) is 258 cm³/mol. The molecule has 0 saturated carbocycles. The van der Waals surface area contributed by atoms with Crippen LogP contribution in [0, 0.1) is 0 Å². The van der Waals surface area contributed by atoms with Gasteiger partial charge in [-0.15, -0.1) is 0 Å². The van der Waals surface area contributed by atoms with Gasteiger partial charge in [0.15, 0.2) is 0 Å². The number of benzene rings is 11. The van der Waals surface area contributed by atoms with Crippen LogP contribution in [0.25, 0.3) is 132 Å². The van der Waals surface area contributed by atoms with Gasteiger partial charge in [0.1, 0.15) is 11.2 Å². The summed E-state index contributed by atoms with van der Waals surface area (Å²) in [6.45, 7) is 0. The lowest BCUT2D eigenvalue weighted by molar-refractivity contribution is 0.670. The first-order valence-corrected chi connectivity index (χ1v) is 21.1. The third-order valence-electron chi connectivity index (χ3n) is 13.0. The maximum Gasteiger partial charge on any atom is 0.143 e. The van der Waals surface area contributed by atoms with Crippen LogP contribution in [0.2, 0.25) is 0 Å². The van der Waals surface area contributed by atoms with E-state index < -0.39 is 0 Å². The van der Waals surface area contributed by atoms with Gasteiger partial charge in [-0.1, -0.05) is 182 Å². The lowest BCUT2D eigenvalue weighted by Gasteiger charge is -2.23. The summed E-state index contributed by atoms with van der Waals surface area (Å²) in [7, 11) is 0. The van der Waals surface area contributed by atoms with Crippen LogP contribution in [0.4, 0.5) is 0 Å². The van der Waals surface area contributed by atoms with Gasteiger partial charge >= 0.3 is 0 Å². The van der Waals surface area contributed by atoms with Gasteiger partial charge in [0.25, 0.3) is 0 Å². The molecule has 13 rings (SSSR count). The molecule has 0 fully saturated rings. The molecule has 0 saturated heterocycles. The van der Waals surface area contributed by atoms with Crippen molar-refractivity contribution in [1.29, 1.82) is 0 Å². The van der Waals surface area contributed by atoms with E-state index in [9.17, 15) is 0 Å². The first kappa shape index (κ1) is 33.9. The second-order valence-electron chi connectivity index (χ2n) is 16.3. The van der Waals surface area contributed by atoms with Crippen molar-refractivity contribution in [3.63, 3.8) is 0 Å². The molecule has 1 heteroatoms. The highest BCUT2D eigenvalue weighted by Gasteiger charge is 2.23. The highest BCUT2D eigenvalue weighted by atomic mass is 16.3. The van der Waals surface area contributed by atoms with Crippen molar-refractivity contribution < 1.29 is 4.42 Å². The van der Waals surface area contributed by atoms with Crippen molar-refractivity contribution in [3.8, 4) is 77.9 Å². The number of hydrogen-bond donors (Lipinski definition) is 0. The fourth-order valence-electron chi connectivity index (χ4n) is 10.2. The molecule has 0 spiro atoms. The monoisotopic (exact) mass is 772 g/mol. The Morgan fingerprint density at radius 2 is 0.590 bits per heavy atom. The Labute approximate surface area is 353 Å². The first-order valence-electron chi connectivity index (χ1n) is 21.1. The quantitative estimate of drug-likeness (QED) is 0.163. The maximum absolute atomic E-state index is 6.68. The van der Waals surface area contributed by atoms with Gasteiger partial charge in [-0.05, 0) is 141 Å². The van der Waals surface area contributed by atoms with Crippen LogP contribution < -0.4 is 0 Å². The third-order valence-corrected chi connectivity index (χ3v) is 13.0. The smallest absolute Gasteiger partial charge is 0.143 e. The second kappa shape index (κ2) is 13.3. The molecule has 1 aliphatic rings. The summed E-state index contributed by atoms with van der Waals surface area (Å²) in [5.41, 5.74) is 18.6. The molecule has 0 radical (unpaired) electrons. The van der Waals surface area contributed by atoms with E-state index in [0.29, 0.717) is 0 Å². The minimum atomic E-state index is 0.900. The number of furan rings is 1. The number of para-hydroxylation sites is 2. The minimum Gasteiger partial charge on any atom is -0.455 e. The van der Waals surface area contributed by atoms with Gasteiger partial charge in [0.2, 0.25) is 0 Å². The van der Waals surface area contributed by atoms with E-state index in [0.717, 1.165) is 49.8 Å². The summed E-state index contributed by atoms with van der Waals surface area (Å²) in [5.74, 6) is 0. The molecule has 11 aromatic carbocycles. The normalized spacial score (nSPS) is 11.9. The lowest BCUT2D eigenvalue weighted by atomic mass is 9.80. The van der Waals surface area contributed by atoms with E-state index in [1.54, 1.807) is 0 Å². The zero-order valence-electron chi connectivity index (χ0n) is 33.2. The van der Waals surface area contributed by atoms with E-state index in [2.05, 4.69) is 212 Å². The number of fused-ring (bicyclic) bond motifs is 17. The fraction of sp³-hybridized carbons (Fsp3) is 0. The lowest BCUT2D eigenvalue weighted by Crippen LogP contribution is -1.97. The van der Waals surface area contributed by atoms with Crippen molar-refractivity contribution in [1.82, 2.24) is 0 Å². The molecule has 12 aromatic rings. The highest BCUT2D eigenvalue weighted by Crippen LogP contribution is 2.49. The zero-order valence-corrected chi connectivity index (χ0v) is 33.2. The van der Waals surface area contributed by atoms with Gasteiger partial charge in [0.05, 0.1) is 0 Å². The SMILES string of the molecule is c1ccc2c(c1)-c1ccccc1-c1ccc(-c3cc(-c4ccc5c6ccccc6c6ccccc6c5c4)cc(-c4cccc5c4oc4ccccc45)c3)cc1-c1ccccc1-2. The maximum atomic E-state index is 6.68. The van der Waals surface area contributed by atoms with E-state index in [-0.39, 0.29) is 0 Å². The molecule has 0 aliphatic heterocycles. The Morgan fingerprint density at radius 1 is 0.197 bits per heavy atom. The minimum absolute atomic E-state index is 0.900. The first-order chi connectivity index (χ1) is 30.2. The molecule has 1 nitrogen and oxygen atoms in total. The largest absolute Gasteiger partial charge is 0.455 e. The average molecular weight is 773 g/mol. The molecule has 0 unspecified atom stereocenters. The molecular formula is C60H36O. The van der Waals surface area contributed by atoms with Crippen LogP contribution in [0.15, 0.2) is 223 Å². The van der Waals surface area contributed by atoms with Gasteiger partial charge in [-0.25, -0.2) is 0 Å². The Hall–Kier alpha value is -8.00. The summed E-state index contributed by atoms with van der Waals surface area (Å²) >= 11 is 0. The van der Waals surface area contributed by atoms with Crippen molar-refractivity contribution >= 4 is 54.3 Å². The highest BCUT2D eigenvalue weighted by molar-refractivity contribution is 6.26. The number of rotatable bonds is 3. The van der Waals surface area contributed by atoms with Crippen molar-refractivity contribution in [2.75, 3.05) is 0 Å². The van der Waals surface area contributed by atoms with Crippen LogP contribution in [-0.4, -0.2) is 0 Å². The average Bonchev–Trinajstić information content (AvgIpc) is 3.72. The van der Waals surface area contributed by atoms with Gasteiger partial charge in [-0.3, -0.25) is 0 Å². The topological polar surface area (TPSA) is 13.1 Å². The van der Waals surface area contributed by atoms with E-state index in [4.69, 9.17) is 4.42 Å². The van der Waals surface area contributed by atoms with Crippen LogP contribution in [0.3, 0.4) is 0 Å². The zero-order chi connectivity index (χ0) is 40.0. The number of hydrogen-bond acceptors (Lipinski definition) is 1. The molecule has 1 aliphatic carbocycles. The molecule has 0 atom stereocenters. The van der Waals surface area contributed by atoms with E-state index >= 15 is 0 Å². The van der Waals surface area contributed by atoms with Gasteiger partial charge in [-0.2, -0.15) is 0 Å². The van der Waals surface area contributed by atoms with E-state index in [1.807, 2.05) is 6.07 Å². The molecule has 1 heterocycles. The van der Waals surface area contributed by atoms with Crippen LogP contribution in [-0.2, 0) is 0 Å². The Morgan fingerprint density at radius 3 is 1.18 bits per heavy atom. The van der Waals surface area contributed by atoms with Gasteiger partial charge < -0.3 is 4.42 Å². The van der Waals surface area contributed by atoms with E-state index in [1.165, 1.54) is 82.4 Å². The van der Waals surface area contributed by atoms with Crippen molar-refractivity contribution in [2.45, 2.75) is 0 Å². The fourth-order valence-corrected chi connectivity index (χ4v) is 10.2. The molecular weight excluding hydrogens is 737 g/mol. The van der Waals surface area contributed by atoms with Crippen molar-refractivity contribution in [2.24, 2.45) is 0 Å². The predicted octanol–water partition coefficient (Wildman–Crippen LogP) is 17.0. The molecule has 1 aromatic heterocycles. The summed E-state index contributed by atoms with van der Waals surface area (Å²) in [6, 6.07) is 80.3. The molecule has 0 amide bonds. The Bertz CT molecular complexity index is 3730. The standard InChI is InChI=1S/C60H36O/c1-2-15-44-43(14-1)45-16-3-5-20-49(45)53-30-28-37(35-57(53)51-22-9-7-18-47(44)51)39-32-40(34-41(33-39)42-25-13-26-56-55-24-11-12-27-59(55)61-60(42)56)38-29-31-54-50-21-6-4-17-46(50)48-19-8-10-23-52(48)58(54)36-38/h1-36H. The molecule has 0 N–H and O–H groups in total. The van der Waals surface area contributed by atoms with Crippen LogP contribution in [0.1, 0.15) is 0 Å². The van der Waals surface area contributed by atoms with Gasteiger partial charge in [0, 0.05) is 16.3 Å². The Balaban J connectivity index is 1.08. The Kier molecular flexibility index (Phi) is 7.37. The molecule has 282 valence electrons. The summed E-state index contributed by atoms with van der Waals surface area (Å²) in [4.78, 5) is 0. The summed E-state index contributed by atoms with van der Waals surface area (Å²) in [5, 5.41) is 9.89. The van der Waals surface area contributed by atoms with Crippen LogP contribution >= 0.6 is 0 Å². The second-order valence-corrected chi connectivity index (χ2v) is 16.3.